The van der Waals surface area contributed by atoms with Crippen molar-refractivity contribution in [2.45, 2.75) is 33.2 Å². The average molecular weight is 279 g/mol. The van der Waals surface area contributed by atoms with Gasteiger partial charge in [-0.05, 0) is 37.1 Å². The fraction of sp³-hybridized carbons (Fsp3) is 0.667. The highest BCUT2D eigenvalue weighted by molar-refractivity contribution is 7.99. The first-order chi connectivity index (χ1) is 9.33. The molecular weight excluding hydrogens is 254 g/mol. The minimum atomic E-state index is 0.957. The van der Waals surface area contributed by atoms with Gasteiger partial charge in [0.1, 0.15) is 5.82 Å². The van der Waals surface area contributed by atoms with Gasteiger partial charge in [0, 0.05) is 36.8 Å². The summed E-state index contributed by atoms with van der Waals surface area (Å²) in [5, 5.41) is 3.48. The van der Waals surface area contributed by atoms with Crippen molar-refractivity contribution in [3.05, 3.63) is 23.4 Å². The van der Waals surface area contributed by atoms with Crippen LogP contribution < -0.4 is 10.2 Å². The van der Waals surface area contributed by atoms with Crippen LogP contribution >= 0.6 is 11.8 Å². The summed E-state index contributed by atoms with van der Waals surface area (Å²) in [6.45, 7) is 8.69. The lowest BCUT2D eigenvalue weighted by atomic mass is 10.2. The van der Waals surface area contributed by atoms with Crippen LogP contribution in [0.2, 0.25) is 0 Å². The van der Waals surface area contributed by atoms with E-state index in [9.17, 15) is 0 Å². The molecule has 4 heteroatoms. The van der Waals surface area contributed by atoms with E-state index in [4.69, 9.17) is 4.98 Å². The zero-order valence-electron chi connectivity index (χ0n) is 12.1. The Kier molecular flexibility index (Phi) is 5.98. The number of anilines is 1. The number of nitrogens with one attached hydrogen (secondary N) is 1. The molecule has 106 valence electrons. The van der Waals surface area contributed by atoms with E-state index >= 15 is 0 Å². The van der Waals surface area contributed by atoms with Crippen molar-refractivity contribution in [3.63, 3.8) is 0 Å². The van der Waals surface area contributed by atoms with Crippen molar-refractivity contribution in [2.24, 2.45) is 0 Å². The molecule has 2 heterocycles. The van der Waals surface area contributed by atoms with E-state index in [0.29, 0.717) is 0 Å². The molecule has 1 saturated heterocycles. The Labute approximate surface area is 121 Å². The normalized spacial score (nSPS) is 15.8. The van der Waals surface area contributed by atoms with Crippen molar-refractivity contribution in [1.82, 2.24) is 10.3 Å². The molecule has 0 bridgehead atoms. The number of aryl methyl sites for hydroxylation is 1. The number of nitrogens with zero attached hydrogens (tertiary/aromatic N) is 2. The molecule has 2 rings (SSSR count). The first-order valence-electron chi connectivity index (χ1n) is 7.36. The minimum Gasteiger partial charge on any atom is -0.355 e. The maximum Gasteiger partial charge on any atom is 0.129 e. The highest BCUT2D eigenvalue weighted by Crippen LogP contribution is 2.20. The third-order valence-corrected chi connectivity index (χ3v) is 4.32. The summed E-state index contributed by atoms with van der Waals surface area (Å²) in [7, 11) is 0. The smallest absolute Gasteiger partial charge is 0.129 e. The fourth-order valence-corrected chi connectivity index (χ4v) is 3.18. The van der Waals surface area contributed by atoms with Gasteiger partial charge in [-0.2, -0.15) is 11.8 Å². The summed E-state index contributed by atoms with van der Waals surface area (Å²) in [6.07, 6.45) is 2.19. The quantitative estimate of drug-likeness (QED) is 0.811. The molecule has 0 aromatic carbocycles. The number of hydrogen-bond acceptors (Lipinski definition) is 4. The third-order valence-electron chi connectivity index (χ3n) is 3.38. The molecule has 0 amide bonds. The zero-order chi connectivity index (χ0) is 13.5. The van der Waals surface area contributed by atoms with E-state index in [0.717, 1.165) is 32.6 Å². The van der Waals surface area contributed by atoms with E-state index in [2.05, 4.69) is 36.2 Å². The Morgan fingerprint density at radius 3 is 2.74 bits per heavy atom. The van der Waals surface area contributed by atoms with Gasteiger partial charge in [0.05, 0.1) is 0 Å². The summed E-state index contributed by atoms with van der Waals surface area (Å²) >= 11 is 2.04. The Balaban J connectivity index is 2.10. The van der Waals surface area contributed by atoms with Gasteiger partial charge in [-0.1, -0.05) is 13.8 Å². The van der Waals surface area contributed by atoms with E-state index in [1.165, 1.54) is 35.0 Å². The summed E-state index contributed by atoms with van der Waals surface area (Å²) < 4.78 is 0. The standard InChI is InChI=1S/C15H25N3S/c1-3-5-16-12-13-10-14(4-2)17-15(11-13)18-6-8-19-9-7-18/h10-11,16H,3-9,12H2,1-2H3. The first-order valence-corrected chi connectivity index (χ1v) is 8.52. The van der Waals surface area contributed by atoms with Crippen LogP contribution in [-0.4, -0.2) is 36.1 Å². The second-order valence-electron chi connectivity index (χ2n) is 4.95. The van der Waals surface area contributed by atoms with Crippen molar-refractivity contribution >= 4 is 17.6 Å². The van der Waals surface area contributed by atoms with Gasteiger partial charge in [-0.3, -0.25) is 0 Å². The van der Waals surface area contributed by atoms with Gasteiger partial charge >= 0.3 is 0 Å². The molecule has 1 aliphatic heterocycles. The summed E-state index contributed by atoms with van der Waals surface area (Å²) in [6, 6.07) is 4.50. The van der Waals surface area contributed by atoms with Crippen LogP contribution in [0.15, 0.2) is 12.1 Å². The molecule has 1 N–H and O–H groups in total. The van der Waals surface area contributed by atoms with Gasteiger partial charge in [0.2, 0.25) is 0 Å². The number of hydrogen-bond donors (Lipinski definition) is 1. The number of rotatable bonds is 6. The molecule has 0 saturated carbocycles. The molecule has 1 aromatic rings. The third kappa shape index (κ3) is 4.39. The maximum atomic E-state index is 4.79. The zero-order valence-corrected chi connectivity index (χ0v) is 12.9. The molecule has 3 nitrogen and oxygen atoms in total. The lowest BCUT2D eigenvalue weighted by Crippen LogP contribution is -2.33. The van der Waals surface area contributed by atoms with Crippen LogP contribution in [0.1, 0.15) is 31.5 Å². The number of pyridine rings is 1. The van der Waals surface area contributed by atoms with Gasteiger partial charge in [0.25, 0.3) is 0 Å². The summed E-state index contributed by atoms with van der Waals surface area (Å²) in [5.41, 5.74) is 2.58. The molecule has 1 aromatic heterocycles. The second-order valence-corrected chi connectivity index (χ2v) is 6.18. The van der Waals surface area contributed by atoms with E-state index in [1.807, 2.05) is 11.8 Å². The molecular formula is C15H25N3S. The Morgan fingerprint density at radius 2 is 2.05 bits per heavy atom. The van der Waals surface area contributed by atoms with Crippen LogP contribution in [0.4, 0.5) is 5.82 Å². The predicted octanol–water partition coefficient (Wildman–Crippen LogP) is 2.70. The number of aromatic nitrogens is 1. The molecule has 19 heavy (non-hydrogen) atoms. The number of thioether (sulfide) groups is 1. The molecule has 1 aliphatic rings. The Hall–Kier alpha value is -0.740. The Morgan fingerprint density at radius 1 is 1.26 bits per heavy atom. The fourth-order valence-electron chi connectivity index (χ4n) is 2.28. The molecule has 0 unspecified atom stereocenters. The van der Waals surface area contributed by atoms with Crippen LogP contribution in [0.25, 0.3) is 0 Å². The lowest BCUT2D eigenvalue weighted by molar-refractivity contribution is 0.673. The monoisotopic (exact) mass is 279 g/mol. The summed E-state index contributed by atoms with van der Waals surface area (Å²) in [5.74, 6) is 3.62. The van der Waals surface area contributed by atoms with Crippen molar-refractivity contribution < 1.29 is 0 Å². The molecule has 0 atom stereocenters. The highest BCUT2D eigenvalue weighted by atomic mass is 32.2. The van der Waals surface area contributed by atoms with Gasteiger partial charge in [-0.15, -0.1) is 0 Å². The lowest BCUT2D eigenvalue weighted by Gasteiger charge is -2.28. The van der Waals surface area contributed by atoms with Crippen LogP contribution in [0, 0.1) is 0 Å². The van der Waals surface area contributed by atoms with Crippen LogP contribution in [0.3, 0.4) is 0 Å². The molecule has 0 aliphatic carbocycles. The predicted molar refractivity (Wildman–Crippen MR) is 85.2 cm³/mol. The van der Waals surface area contributed by atoms with Crippen LogP contribution in [-0.2, 0) is 13.0 Å². The molecule has 1 fully saturated rings. The van der Waals surface area contributed by atoms with Gasteiger partial charge in [-0.25, -0.2) is 4.98 Å². The topological polar surface area (TPSA) is 28.2 Å². The van der Waals surface area contributed by atoms with E-state index in [1.54, 1.807) is 0 Å². The van der Waals surface area contributed by atoms with Crippen molar-refractivity contribution in [3.8, 4) is 0 Å². The van der Waals surface area contributed by atoms with E-state index in [-0.39, 0.29) is 0 Å². The molecule has 0 radical (unpaired) electrons. The SMILES string of the molecule is CCCNCc1cc(CC)nc(N2CCSCC2)c1. The van der Waals surface area contributed by atoms with Crippen molar-refractivity contribution in [2.75, 3.05) is 36.0 Å². The minimum absolute atomic E-state index is 0.957. The second kappa shape index (κ2) is 7.75. The average Bonchev–Trinajstić information content (AvgIpc) is 2.48. The maximum absolute atomic E-state index is 4.79. The van der Waals surface area contributed by atoms with Gasteiger partial charge in [0.15, 0.2) is 0 Å². The highest BCUT2D eigenvalue weighted by Gasteiger charge is 2.13. The van der Waals surface area contributed by atoms with Gasteiger partial charge < -0.3 is 10.2 Å². The largest absolute Gasteiger partial charge is 0.355 e. The van der Waals surface area contributed by atoms with Crippen molar-refractivity contribution in [1.29, 1.82) is 0 Å². The first kappa shape index (κ1) is 14.7. The Bertz CT molecular complexity index is 389. The van der Waals surface area contributed by atoms with Crippen LogP contribution in [0.5, 0.6) is 0 Å². The van der Waals surface area contributed by atoms with E-state index < -0.39 is 0 Å². The summed E-state index contributed by atoms with van der Waals surface area (Å²) in [4.78, 5) is 7.22. The molecule has 0 spiro atoms.